The van der Waals surface area contributed by atoms with Gasteiger partial charge < -0.3 is 0 Å². The van der Waals surface area contributed by atoms with Crippen molar-refractivity contribution in [2.45, 2.75) is 64.2 Å². The predicted molar refractivity (Wildman–Crippen MR) is 126 cm³/mol. The molecule has 0 aliphatic heterocycles. The van der Waals surface area contributed by atoms with Crippen molar-refractivity contribution < 1.29 is 0 Å². The molecule has 0 amide bonds. The summed E-state index contributed by atoms with van der Waals surface area (Å²) in [5.41, 5.74) is 4.12. The first-order chi connectivity index (χ1) is 14.3. The Kier molecular flexibility index (Phi) is 8.11. The van der Waals surface area contributed by atoms with Crippen LogP contribution in [0.3, 0.4) is 0 Å². The van der Waals surface area contributed by atoms with Crippen molar-refractivity contribution >= 4 is 0 Å². The number of unbranched alkanes of at least 4 members (excludes halogenated alkanes) is 3. The highest BCUT2D eigenvalue weighted by molar-refractivity contribution is 5.50. The fraction of sp³-hybridized carbons (Fsp3) is 0.379. The third-order valence-corrected chi connectivity index (χ3v) is 6.44. The molecular formula is C29H36. The van der Waals surface area contributed by atoms with Crippen LogP contribution in [-0.4, -0.2) is 0 Å². The van der Waals surface area contributed by atoms with Crippen molar-refractivity contribution in [3.63, 3.8) is 0 Å². The highest BCUT2D eigenvalue weighted by atomic mass is 14.4. The Labute approximate surface area is 178 Å². The summed E-state index contributed by atoms with van der Waals surface area (Å²) >= 11 is 0. The summed E-state index contributed by atoms with van der Waals surface area (Å²) in [5, 5.41) is 0. The number of benzene rings is 3. The van der Waals surface area contributed by atoms with Crippen LogP contribution >= 0.6 is 0 Å². The zero-order valence-electron chi connectivity index (χ0n) is 18.2. The molecule has 0 aliphatic rings. The van der Waals surface area contributed by atoms with Crippen molar-refractivity contribution in [3.05, 3.63) is 108 Å². The molecule has 0 N–H and O–H groups in total. The van der Waals surface area contributed by atoms with Crippen LogP contribution in [0.1, 0.15) is 75.5 Å². The van der Waals surface area contributed by atoms with Crippen LogP contribution in [-0.2, 0) is 5.41 Å². The minimum absolute atomic E-state index is 0.102. The third kappa shape index (κ3) is 5.18. The van der Waals surface area contributed by atoms with E-state index in [-0.39, 0.29) is 5.41 Å². The van der Waals surface area contributed by atoms with E-state index in [4.69, 9.17) is 0 Å². The van der Waals surface area contributed by atoms with Crippen molar-refractivity contribution in [3.8, 4) is 0 Å². The second-order valence-corrected chi connectivity index (χ2v) is 8.33. The van der Waals surface area contributed by atoms with Crippen molar-refractivity contribution in [2.75, 3.05) is 0 Å². The van der Waals surface area contributed by atoms with E-state index in [1.165, 1.54) is 55.2 Å². The minimum atomic E-state index is -0.102. The van der Waals surface area contributed by atoms with E-state index in [9.17, 15) is 0 Å². The van der Waals surface area contributed by atoms with E-state index < -0.39 is 0 Å². The van der Waals surface area contributed by atoms with Crippen molar-refractivity contribution in [1.29, 1.82) is 0 Å². The fourth-order valence-corrected chi connectivity index (χ4v) is 4.76. The molecule has 0 radical (unpaired) electrons. The third-order valence-electron chi connectivity index (χ3n) is 6.44. The normalized spacial score (nSPS) is 12.6. The SMILES string of the molecule is CCCCCCC(CC)CC(c1ccccc1)(c1ccccc1)c1ccccc1. The number of hydrogen-bond donors (Lipinski definition) is 0. The second-order valence-electron chi connectivity index (χ2n) is 8.33. The second kappa shape index (κ2) is 11.0. The quantitative estimate of drug-likeness (QED) is 0.230. The maximum atomic E-state index is 2.37. The summed E-state index contributed by atoms with van der Waals surface area (Å²) < 4.78 is 0. The highest BCUT2D eigenvalue weighted by Gasteiger charge is 2.37. The van der Waals surface area contributed by atoms with Gasteiger partial charge in [-0.05, 0) is 29.0 Å². The molecule has 0 aliphatic carbocycles. The van der Waals surface area contributed by atoms with Gasteiger partial charge in [0.05, 0.1) is 0 Å². The zero-order chi connectivity index (χ0) is 20.4. The Hall–Kier alpha value is -2.34. The van der Waals surface area contributed by atoms with Gasteiger partial charge in [0, 0.05) is 5.41 Å². The van der Waals surface area contributed by atoms with Gasteiger partial charge in [-0.1, -0.05) is 143 Å². The van der Waals surface area contributed by atoms with Crippen LogP contribution in [0.5, 0.6) is 0 Å². The van der Waals surface area contributed by atoms with Gasteiger partial charge in [-0.3, -0.25) is 0 Å². The molecule has 3 aromatic carbocycles. The number of rotatable bonds is 11. The molecule has 3 aromatic rings. The van der Waals surface area contributed by atoms with E-state index in [0.717, 1.165) is 6.42 Å². The molecule has 0 heteroatoms. The molecule has 0 saturated carbocycles. The van der Waals surface area contributed by atoms with Gasteiger partial charge in [-0.15, -0.1) is 0 Å². The molecule has 0 heterocycles. The smallest absolute Gasteiger partial charge is 0.0454 e. The summed E-state index contributed by atoms with van der Waals surface area (Å²) in [4.78, 5) is 0. The summed E-state index contributed by atoms with van der Waals surface area (Å²) in [6, 6.07) is 33.5. The summed E-state index contributed by atoms with van der Waals surface area (Å²) in [6.45, 7) is 4.67. The molecule has 152 valence electrons. The van der Waals surface area contributed by atoms with Gasteiger partial charge >= 0.3 is 0 Å². The zero-order valence-corrected chi connectivity index (χ0v) is 18.2. The Morgan fingerprint density at radius 2 is 1.03 bits per heavy atom. The van der Waals surface area contributed by atoms with Gasteiger partial charge in [0.25, 0.3) is 0 Å². The maximum Gasteiger partial charge on any atom is 0.0454 e. The van der Waals surface area contributed by atoms with Gasteiger partial charge in [-0.2, -0.15) is 0 Å². The molecule has 3 rings (SSSR count). The van der Waals surface area contributed by atoms with Crippen LogP contribution in [0.2, 0.25) is 0 Å². The largest absolute Gasteiger partial charge is 0.0654 e. The first-order valence-electron chi connectivity index (χ1n) is 11.5. The standard InChI is InChI=1S/C29H36/c1-3-5-6-10-17-25(4-2)24-29(26-18-11-7-12-19-26,27-20-13-8-14-21-27)28-22-15-9-16-23-28/h7-9,11-16,18-23,25H,3-6,10,17,24H2,1-2H3. The lowest BCUT2D eigenvalue weighted by Crippen LogP contribution is -2.32. The van der Waals surface area contributed by atoms with Gasteiger partial charge in [0.1, 0.15) is 0 Å². The van der Waals surface area contributed by atoms with E-state index >= 15 is 0 Å². The van der Waals surface area contributed by atoms with Crippen LogP contribution in [0, 0.1) is 5.92 Å². The lowest BCUT2D eigenvalue weighted by Gasteiger charge is -2.39. The van der Waals surface area contributed by atoms with E-state index in [1.807, 2.05) is 0 Å². The molecule has 0 saturated heterocycles. The Bertz CT molecular complexity index is 708. The molecule has 0 aromatic heterocycles. The summed E-state index contributed by atoms with van der Waals surface area (Å²) in [6.07, 6.45) is 9.10. The fourth-order valence-electron chi connectivity index (χ4n) is 4.76. The van der Waals surface area contributed by atoms with Crippen LogP contribution in [0.4, 0.5) is 0 Å². The van der Waals surface area contributed by atoms with E-state index in [0.29, 0.717) is 5.92 Å². The average molecular weight is 385 g/mol. The molecule has 0 bridgehead atoms. The van der Waals surface area contributed by atoms with Gasteiger partial charge in [0.15, 0.2) is 0 Å². The molecule has 0 fully saturated rings. The molecule has 1 unspecified atom stereocenters. The average Bonchev–Trinajstić information content (AvgIpc) is 2.80. The first kappa shape index (κ1) is 21.4. The topological polar surface area (TPSA) is 0 Å². The summed E-state index contributed by atoms with van der Waals surface area (Å²) in [7, 11) is 0. The van der Waals surface area contributed by atoms with Crippen LogP contribution < -0.4 is 0 Å². The van der Waals surface area contributed by atoms with Crippen LogP contribution in [0.25, 0.3) is 0 Å². The van der Waals surface area contributed by atoms with Crippen molar-refractivity contribution in [1.82, 2.24) is 0 Å². The van der Waals surface area contributed by atoms with Gasteiger partial charge in [-0.25, -0.2) is 0 Å². The monoisotopic (exact) mass is 384 g/mol. The predicted octanol–water partition coefficient (Wildman–Crippen LogP) is 8.41. The Balaban J connectivity index is 2.07. The molecule has 1 atom stereocenters. The molecule has 0 nitrogen and oxygen atoms in total. The molecular weight excluding hydrogens is 348 g/mol. The number of hydrogen-bond acceptors (Lipinski definition) is 0. The Morgan fingerprint density at radius 3 is 1.41 bits per heavy atom. The first-order valence-corrected chi connectivity index (χ1v) is 11.5. The lowest BCUT2D eigenvalue weighted by molar-refractivity contribution is 0.355. The van der Waals surface area contributed by atoms with Crippen LogP contribution in [0.15, 0.2) is 91.0 Å². The highest BCUT2D eigenvalue weighted by Crippen LogP contribution is 2.45. The molecule has 0 spiro atoms. The van der Waals surface area contributed by atoms with E-state index in [1.54, 1.807) is 0 Å². The maximum absolute atomic E-state index is 2.37. The lowest BCUT2D eigenvalue weighted by atomic mass is 9.64. The minimum Gasteiger partial charge on any atom is -0.0654 e. The van der Waals surface area contributed by atoms with Crippen molar-refractivity contribution in [2.24, 2.45) is 5.92 Å². The van der Waals surface area contributed by atoms with Gasteiger partial charge in [0.2, 0.25) is 0 Å². The summed E-state index contributed by atoms with van der Waals surface area (Å²) in [5.74, 6) is 0.715. The Morgan fingerprint density at radius 1 is 0.586 bits per heavy atom. The van der Waals surface area contributed by atoms with E-state index in [2.05, 4.69) is 105 Å². The molecule has 29 heavy (non-hydrogen) atoms.